The molecule has 0 aliphatic heterocycles. The van der Waals surface area contributed by atoms with Gasteiger partial charge in [-0.3, -0.25) is 4.79 Å². The molecule has 2 heteroatoms. The van der Waals surface area contributed by atoms with Crippen LogP contribution in [0.3, 0.4) is 0 Å². The minimum Gasteiger partial charge on any atom is -0.326 e. The summed E-state index contributed by atoms with van der Waals surface area (Å²) in [6.45, 7) is 6.40. The number of anilines is 1. The van der Waals surface area contributed by atoms with Gasteiger partial charge in [-0.1, -0.05) is 63.2 Å². The number of carbonyl (C=O) groups excluding carboxylic acids is 1. The van der Waals surface area contributed by atoms with Crippen molar-refractivity contribution in [2.75, 3.05) is 5.32 Å². The summed E-state index contributed by atoms with van der Waals surface area (Å²) in [5, 5.41) is 3.13. The van der Waals surface area contributed by atoms with Gasteiger partial charge in [-0.05, 0) is 47.9 Å². The Morgan fingerprint density at radius 1 is 0.826 bits per heavy atom. The van der Waals surface area contributed by atoms with Crippen LogP contribution in [0.2, 0.25) is 0 Å². The van der Waals surface area contributed by atoms with Crippen molar-refractivity contribution in [2.45, 2.75) is 52.9 Å². The first-order valence-electron chi connectivity index (χ1n) is 8.66. The summed E-state index contributed by atoms with van der Waals surface area (Å²) in [5.74, 6) is 0.0974. The Morgan fingerprint density at radius 2 is 1.39 bits per heavy atom. The van der Waals surface area contributed by atoms with E-state index in [0.29, 0.717) is 6.42 Å². The summed E-state index contributed by atoms with van der Waals surface area (Å²) in [5.41, 5.74) is 6.00. The smallest absolute Gasteiger partial charge is 0.224 e. The molecule has 23 heavy (non-hydrogen) atoms. The molecule has 0 saturated carbocycles. The molecule has 1 N–H and O–H groups in total. The van der Waals surface area contributed by atoms with Gasteiger partial charge in [0.1, 0.15) is 0 Å². The second-order valence-electron chi connectivity index (χ2n) is 5.88. The molecule has 2 aromatic rings. The van der Waals surface area contributed by atoms with Gasteiger partial charge < -0.3 is 5.32 Å². The van der Waals surface area contributed by atoms with Gasteiger partial charge in [0.2, 0.25) is 5.91 Å². The lowest BCUT2D eigenvalue weighted by atomic mass is 10.0. The molecular formula is C21H27NO. The molecule has 2 nitrogen and oxygen atoms in total. The van der Waals surface area contributed by atoms with Gasteiger partial charge in [0, 0.05) is 12.1 Å². The van der Waals surface area contributed by atoms with E-state index in [0.717, 1.165) is 31.4 Å². The summed E-state index contributed by atoms with van der Waals surface area (Å²) >= 11 is 0. The van der Waals surface area contributed by atoms with E-state index in [4.69, 9.17) is 0 Å². The van der Waals surface area contributed by atoms with Crippen molar-refractivity contribution in [3.63, 3.8) is 0 Å². The van der Waals surface area contributed by atoms with Crippen LogP contribution in [-0.2, 0) is 30.5 Å². The van der Waals surface area contributed by atoms with Crippen LogP contribution in [0.4, 0.5) is 5.69 Å². The lowest BCUT2D eigenvalue weighted by Gasteiger charge is -2.14. The highest BCUT2D eigenvalue weighted by atomic mass is 16.1. The zero-order chi connectivity index (χ0) is 16.7. The molecule has 0 fully saturated rings. The first-order chi connectivity index (χ1) is 11.2. The Balaban J connectivity index is 1.99. The first-order valence-corrected chi connectivity index (χ1v) is 8.66. The van der Waals surface area contributed by atoms with Crippen molar-refractivity contribution in [3.8, 4) is 0 Å². The van der Waals surface area contributed by atoms with E-state index in [9.17, 15) is 4.79 Å². The van der Waals surface area contributed by atoms with Gasteiger partial charge in [-0.2, -0.15) is 0 Å². The van der Waals surface area contributed by atoms with Crippen molar-refractivity contribution in [3.05, 3.63) is 64.7 Å². The highest BCUT2D eigenvalue weighted by molar-refractivity contribution is 5.92. The molecule has 0 aliphatic rings. The molecule has 2 rings (SSSR count). The molecule has 0 aromatic heterocycles. The Kier molecular flexibility index (Phi) is 6.40. The van der Waals surface area contributed by atoms with Gasteiger partial charge in [0.15, 0.2) is 0 Å². The Morgan fingerprint density at radius 3 is 1.91 bits per heavy atom. The average Bonchev–Trinajstić information content (AvgIpc) is 2.60. The summed E-state index contributed by atoms with van der Waals surface area (Å²) in [4.78, 5) is 12.3. The molecule has 2 aromatic carbocycles. The van der Waals surface area contributed by atoms with Gasteiger partial charge in [-0.25, -0.2) is 0 Å². The minimum absolute atomic E-state index is 0.0974. The maximum Gasteiger partial charge on any atom is 0.224 e. The number of aryl methyl sites for hydroxylation is 4. The Bertz CT molecular complexity index is 621. The number of amides is 1. The number of hydrogen-bond acceptors (Lipinski definition) is 1. The van der Waals surface area contributed by atoms with Crippen LogP contribution in [-0.4, -0.2) is 5.91 Å². The van der Waals surface area contributed by atoms with E-state index >= 15 is 0 Å². The summed E-state index contributed by atoms with van der Waals surface area (Å²) in [6, 6.07) is 14.8. The van der Waals surface area contributed by atoms with Crippen LogP contribution in [0, 0.1) is 0 Å². The highest BCUT2D eigenvalue weighted by Crippen LogP contribution is 2.23. The fraction of sp³-hybridized carbons (Fsp3) is 0.381. The van der Waals surface area contributed by atoms with Gasteiger partial charge in [0.05, 0.1) is 0 Å². The number of para-hydroxylation sites is 1. The normalized spacial score (nSPS) is 10.6. The third-order valence-corrected chi connectivity index (χ3v) is 4.34. The van der Waals surface area contributed by atoms with Crippen LogP contribution >= 0.6 is 0 Å². The van der Waals surface area contributed by atoms with Crippen molar-refractivity contribution in [1.29, 1.82) is 0 Å². The SMILES string of the molecule is CCc1ccc(CCC(=O)Nc2c(CC)cccc2CC)cc1. The van der Waals surface area contributed by atoms with E-state index in [1.807, 2.05) is 0 Å². The standard InChI is InChI=1S/C21H27NO/c1-4-16-10-12-17(13-11-16)14-15-20(23)22-21-18(5-2)8-7-9-19(21)6-3/h7-13H,4-6,14-15H2,1-3H3,(H,22,23). The van der Waals surface area contributed by atoms with Gasteiger partial charge >= 0.3 is 0 Å². The minimum atomic E-state index is 0.0974. The third-order valence-electron chi connectivity index (χ3n) is 4.34. The monoisotopic (exact) mass is 309 g/mol. The maximum absolute atomic E-state index is 12.3. The molecule has 0 heterocycles. The fourth-order valence-electron chi connectivity index (χ4n) is 2.80. The summed E-state index contributed by atoms with van der Waals surface area (Å²) in [7, 11) is 0. The number of carbonyl (C=O) groups is 1. The van der Waals surface area contributed by atoms with Crippen molar-refractivity contribution in [1.82, 2.24) is 0 Å². The van der Waals surface area contributed by atoms with E-state index in [2.05, 4.69) is 68.6 Å². The molecule has 0 saturated heterocycles. The molecule has 0 bridgehead atoms. The van der Waals surface area contributed by atoms with E-state index in [1.165, 1.54) is 22.3 Å². The lowest BCUT2D eigenvalue weighted by Crippen LogP contribution is -2.15. The maximum atomic E-state index is 12.3. The zero-order valence-electron chi connectivity index (χ0n) is 14.5. The fourth-order valence-corrected chi connectivity index (χ4v) is 2.80. The first kappa shape index (κ1) is 17.3. The van der Waals surface area contributed by atoms with Crippen LogP contribution < -0.4 is 5.32 Å². The molecule has 0 atom stereocenters. The van der Waals surface area contributed by atoms with Crippen molar-refractivity contribution >= 4 is 11.6 Å². The zero-order valence-corrected chi connectivity index (χ0v) is 14.5. The van der Waals surface area contributed by atoms with Gasteiger partial charge in [-0.15, -0.1) is 0 Å². The summed E-state index contributed by atoms with van der Waals surface area (Å²) < 4.78 is 0. The molecule has 0 unspecified atom stereocenters. The Hall–Kier alpha value is -2.09. The second-order valence-corrected chi connectivity index (χ2v) is 5.88. The third kappa shape index (κ3) is 4.69. The predicted octanol–water partition coefficient (Wildman–Crippen LogP) is 4.95. The molecule has 0 spiro atoms. The predicted molar refractivity (Wildman–Crippen MR) is 98.0 cm³/mol. The summed E-state index contributed by atoms with van der Waals surface area (Å²) in [6.07, 6.45) is 4.22. The van der Waals surface area contributed by atoms with Crippen LogP contribution in [0.1, 0.15) is 49.4 Å². The number of nitrogens with one attached hydrogen (secondary N) is 1. The van der Waals surface area contributed by atoms with Crippen LogP contribution in [0.15, 0.2) is 42.5 Å². The Labute approximate surface area is 139 Å². The van der Waals surface area contributed by atoms with Crippen molar-refractivity contribution < 1.29 is 4.79 Å². The number of hydrogen-bond donors (Lipinski definition) is 1. The van der Waals surface area contributed by atoms with E-state index in [1.54, 1.807) is 0 Å². The quantitative estimate of drug-likeness (QED) is 0.770. The topological polar surface area (TPSA) is 29.1 Å². The second kappa shape index (κ2) is 8.52. The van der Waals surface area contributed by atoms with E-state index < -0.39 is 0 Å². The molecular weight excluding hydrogens is 282 g/mol. The molecule has 0 aliphatic carbocycles. The lowest BCUT2D eigenvalue weighted by molar-refractivity contribution is -0.116. The largest absolute Gasteiger partial charge is 0.326 e. The average molecular weight is 309 g/mol. The van der Waals surface area contributed by atoms with Crippen LogP contribution in [0.5, 0.6) is 0 Å². The molecule has 0 radical (unpaired) electrons. The van der Waals surface area contributed by atoms with Crippen LogP contribution in [0.25, 0.3) is 0 Å². The van der Waals surface area contributed by atoms with Gasteiger partial charge in [0.25, 0.3) is 0 Å². The van der Waals surface area contributed by atoms with Crippen molar-refractivity contribution in [2.24, 2.45) is 0 Å². The molecule has 1 amide bonds. The van der Waals surface area contributed by atoms with E-state index in [-0.39, 0.29) is 5.91 Å². The molecule has 122 valence electrons. The number of rotatable bonds is 7. The highest BCUT2D eigenvalue weighted by Gasteiger charge is 2.10. The number of benzene rings is 2.